The molecule has 20 heavy (non-hydrogen) atoms. The van der Waals surface area contributed by atoms with Crippen LogP contribution in [-0.2, 0) is 0 Å². The lowest BCUT2D eigenvalue weighted by Gasteiger charge is -2.39. The summed E-state index contributed by atoms with van der Waals surface area (Å²) in [6.45, 7) is 6.88. The normalized spacial score (nSPS) is 34.2. The van der Waals surface area contributed by atoms with Gasteiger partial charge in [-0.2, -0.15) is 0 Å². The molecule has 3 unspecified atom stereocenters. The fraction of sp³-hybridized carbons (Fsp3) is 0.588. The summed E-state index contributed by atoms with van der Waals surface area (Å²) in [6.07, 6.45) is 3.41. The van der Waals surface area contributed by atoms with Crippen molar-refractivity contribution in [1.82, 2.24) is 5.32 Å². The SMILES string of the molecule is CC1(C)C2CCC1(C)C(NC(=O)c1ccccc1F)C2. The van der Waals surface area contributed by atoms with Crippen LogP contribution in [0.5, 0.6) is 0 Å². The molecule has 1 amide bonds. The van der Waals surface area contributed by atoms with Crippen LogP contribution < -0.4 is 5.32 Å². The molecule has 3 heteroatoms. The van der Waals surface area contributed by atoms with E-state index in [0.29, 0.717) is 5.92 Å². The van der Waals surface area contributed by atoms with Crippen LogP contribution >= 0.6 is 0 Å². The van der Waals surface area contributed by atoms with Crippen molar-refractivity contribution >= 4 is 5.91 Å². The fourth-order valence-electron chi connectivity index (χ4n) is 4.30. The molecule has 1 aromatic carbocycles. The van der Waals surface area contributed by atoms with Gasteiger partial charge in [-0.25, -0.2) is 4.39 Å². The van der Waals surface area contributed by atoms with E-state index in [0.717, 1.165) is 12.8 Å². The van der Waals surface area contributed by atoms with Gasteiger partial charge in [0.1, 0.15) is 5.82 Å². The molecule has 3 atom stereocenters. The maximum Gasteiger partial charge on any atom is 0.254 e. The smallest absolute Gasteiger partial charge is 0.254 e. The third-order valence-electron chi connectivity index (χ3n) is 6.22. The maximum atomic E-state index is 13.7. The molecule has 108 valence electrons. The van der Waals surface area contributed by atoms with Gasteiger partial charge in [0.05, 0.1) is 5.56 Å². The summed E-state index contributed by atoms with van der Waals surface area (Å²) in [4.78, 5) is 12.3. The summed E-state index contributed by atoms with van der Waals surface area (Å²) in [7, 11) is 0. The second kappa shape index (κ2) is 4.31. The van der Waals surface area contributed by atoms with Gasteiger partial charge in [-0.3, -0.25) is 4.79 Å². The topological polar surface area (TPSA) is 29.1 Å². The second-order valence-corrected chi connectivity index (χ2v) is 7.12. The molecule has 2 aliphatic carbocycles. The molecule has 1 N–H and O–H groups in total. The van der Waals surface area contributed by atoms with Crippen molar-refractivity contribution in [3.8, 4) is 0 Å². The molecule has 0 spiro atoms. The molecule has 2 nitrogen and oxygen atoms in total. The van der Waals surface area contributed by atoms with Gasteiger partial charge < -0.3 is 5.32 Å². The van der Waals surface area contributed by atoms with Crippen LogP contribution in [0, 0.1) is 22.6 Å². The summed E-state index contributed by atoms with van der Waals surface area (Å²) in [5, 5.41) is 3.08. The third-order valence-corrected chi connectivity index (χ3v) is 6.22. The van der Waals surface area contributed by atoms with Crippen molar-refractivity contribution in [3.05, 3.63) is 35.6 Å². The van der Waals surface area contributed by atoms with Crippen LogP contribution in [0.15, 0.2) is 24.3 Å². The van der Waals surface area contributed by atoms with Crippen LogP contribution in [0.25, 0.3) is 0 Å². The highest BCUT2D eigenvalue weighted by Gasteiger charge is 2.61. The van der Waals surface area contributed by atoms with Crippen molar-refractivity contribution in [2.24, 2.45) is 16.7 Å². The second-order valence-electron chi connectivity index (χ2n) is 7.12. The molecule has 0 heterocycles. The van der Waals surface area contributed by atoms with E-state index >= 15 is 0 Å². The maximum absolute atomic E-state index is 13.7. The number of fused-ring (bicyclic) bond motifs is 2. The lowest BCUT2D eigenvalue weighted by molar-refractivity contribution is 0.0822. The van der Waals surface area contributed by atoms with Crippen LogP contribution in [0.3, 0.4) is 0 Å². The summed E-state index contributed by atoms with van der Waals surface area (Å²) < 4.78 is 13.7. The predicted octanol–water partition coefficient (Wildman–Crippen LogP) is 3.77. The minimum absolute atomic E-state index is 0.124. The molecular weight excluding hydrogens is 253 g/mol. The standard InChI is InChI=1S/C17H22FNO/c1-16(2)11-8-9-17(16,3)14(10-11)19-15(20)12-6-4-5-7-13(12)18/h4-7,11,14H,8-10H2,1-3H3,(H,19,20). The zero-order valence-corrected chi connectivity index (χ0v) is 12.4. The van der Waals surface area contributed by atoms with Crippen molar-refractivity contribution in [3.63, 3.8) is 0 Å². The average molecular weight is 275 g/mol. The summed E-state index contributed by atoms with van der Waals surface area (Å²) in [6, 6.07) is 6.34. The van der Waals surface area contributed by atoms with Crippen LogP contribution in [-0.4, -0.2) is 11.9 Å². The lowest BCUT2D eigenvalue weighted by atomic mass is 9.69. The van der Waals surface area contributed by atoms with Gasteiger partial charge in [0.25, 0.3) is 5.91 Å². The Balaban J connectivity index is 1.81. The first kappa shape index (κ1) is 13.6. The summed E-state index contributed by atoms with van der Waals surface area (Å²) >= 11 is 0. The van der Waals surface area contributed by atoms with Crippen molar-refractivity contribution < 1.29 is 9.18 Å². The number of hydrogen-bond acceptors (Lipinski definition) is 1. The monoisotopic (exact) mass is 275 g/mol. The number of nitrogens with one attached hydrogen (secondary N) is 1. The van der Waals surface area contributed by atoms with Gasteiger partial charge in [0.2, 0.25) is 0 Å². The lowest BCUT2D eigenvalue weighted by Crippen LogP contribution is -2.47. The van der Waals surface area contributed by atoms with E-state index in [9.17, 15) is 9.18 Å². The number of carbonyl (C=O) groups excluding carboxylic acids is 1. The van der Waals surface area contributed by atoms with E-state index in [1.54, 1.807) is 18.2 Å². The van der Waals surface area contributed by atoms with Crippen LogP contribution in [0.1, 0.15) is 50.4 Å². The Bertz CT molecular complexity index is 554. The minimum atomic E-state index is -0.447. The van der Waals surface area contributed by atoms with E-state index in [2.05, 4.69) is 26.1 Å². The van der Waals surface area contributed by atoms with Crippen molar-refractivity contribution in [2.45, 2.75) is 46.1 Å². The van der Waals surface area contributed by atoms with E-state index < -0.39 is 5.82 Å². The van der Waals surface area contributed by atoms with Gasteiger partial charge in [-0.1, -0.05) is 32.9 Å². The quantitative estimate of drug-likeness (QED) is 0.874. The average Bonchev–Trinajstić information content (AvgIpc) is 2.72. The fourth-order valence-corrected chi connectivity index (χ4v) is 4.30. The molecule has 0 radical (unpaired) electrons. The molecule has 2 aliphatic rings. The van der Waals surface area contributed by atoms with Gasteiger partial charge in [0, 0.05) is 6.04 Å². The van der Waals surface area contributed by atoms with Gasteiger partial charge in [-0.15, -0.1) is 0 Å². The Morgan fingerprint density at radius 2 is 2.00 bits per heavy atom. The summed E-state index contributed by atoms with van der Waals surface area (Å²) in [5.74, 6) is -0.0614. The van der Waals surface area contributed by atoms with Crippen LogP contribution in [0.2, 0.25) is 0 Å². The number of hydrogen-bond donors (Lipinski definition) is 1. The molecule has 0 saturated heterocycles. The highest BCUT2D eigenvalue weighted by Crippen LogP contribution is 2.65. The highest BCUT2D eigenvalue weighted by molar-refractivity contribution is 5.94. The van der Waals surface area contributed by atoms with Crippen molar-refractivity contribution in [1.29, 1.82) is 0 Å². The first-order valence-electron chi connectivity index (χ1n) is 7.41. The molecule has 0 aliphatic heterocycles. The number of rotatable bonds is 2. The largest absolute Gasteiger partial charge is 0.349 e. The third kappa shape index (κ3) is 1.72. The number of halogens is 1. The predicted molar refractivity (Wildman–Crippen MR) is 76.9 cm³/mol. The Morgan fingerprint density at radius 1 is 1.30 bits per heavy atom. The zero-order valence-electron chi connectivity index (χ0n) is 12.4. The Hall–Kier alpha value is -1.38. The van der Waals surface area contributed by atoms with Crippen molar-refractivity contribution in [2.75, 3.05) is 0 Å². The number of benzene rings is 1. The Morgan fingerprint density at radius 3 is 2.55 bits per heavy atom. The number of carbonyl (C=O) groups is 1. The Labute approximate surface area is 119 Å². The number of amides is 1. The minimum Gasteiger partial charge on any atom is -0.349 e. The first-order chi connectivity index (χ1) is 9.36. The molecular formula is C17H22FNO. The first-order valence-corrected chi connectivity index (χ1v) is 7.41. The van der Waals surface area contributed by atoms with Crippen LogP contribution in [0.4, 0.5) is 4.39 Å². The zero-order chi connectivity index (χ0) is 14.5. The molecule has 2 fully saturated rings. The van der Waals surface area contributed by atoms with Gasteiger partial charge in [0.15, 0.2) is 0 Å². The van der Waals surface area contributed by atoms with E-state index in [-0.39, 0.29) is 28.3 Å². The van der Waals surface area contributed by atoms with E-state index in [1.807, 2.05) is 0 Å². The molecule has 3 rings (SSSR count). The van der Waals surface area contributed by atoms with Gasteiger partial charge >= 0.3 is 0 Å². The molecule has 0 aromatic heterocycles. The van der Waals surface area contributed by atoms with E-state index in [4.69, 9.17) is 0 Å². The molecule has 2 bridgehead atoms. The molecule has 2 saturated carbocycles. The molecule has 1 aromatic rings. The van der Waals surface area contributed by atoms with Gasteiger partial charge in [-0.05, 0) is 48.1 Å². The highest BCUT2D eigenvalue weighted by atomic mass is 19.1. The van der Waals surface area contributed by atoms with E-state index in [1.165, 1.54) is 12.5 Å². The Kier molecular flexibility index (Phi) is 2.93. The summed E-state index contributed by atoms with van der Waals surface area (Å²) in [5.41, 5.74) is 0.523.